The van der Waals surface area contributed by atoms with E-state index < -0.39 is 0 Å². The lowest BCUT2D eigenvalue weighted by Gasteiger charge is -1.98. The van der Waals surface area contributed by atoms with Crippen molar-refractivity contribution in [2.45, 2.75) is 65.2 Å². The molecule has 0 radical (unpaired) electrons. The number of hydrogen-bond acceptors (Lipinski definition) is 2. The number of H-pyrrole nitrogens is 1. The maximum atomic E-state index is 4.65. The number of rotatable bonds is 8. The Kier molecular flexibility index (Phi) is 5.37. The molecule has 2 heterocycles. The van der Waals surface area contributed by atoms with E-state index >= 15 is 0 Å². The van der Waals surface area contributed by atoms with Crippen molar-refractivity contribution in [1.29, 1.82) is 0 Å². The molecule has 0 bridgehead atoms. The second kappa shape index (κ2) is 7.27. The molecular formula is C16H25N3. The zero-order valence-electron chi connectivity index (χ0n) is 12.2. The molecule has 0 spiro atoms. The van der Waals surface area contributed by atoms with Gasteiger partial charge in [-0.15, -0.1) is 0 Å². The van der Waals surface area contributed by atoms with Crippen molar-refractivity contribution >= 4 is 11.0 Å². The van der Waals surface area contributed by atoms with Gasteiger partial charge in [-0.2, -0.15) is 0 Å². The van der Waals surface area contributed by atoms with E-state index in [1.54, 1.807) is 0 Å². The maximum absolute atomic E-state index is 4.65. The van der Waals surface area contributed by atoms with Gasteiger partial charge in [0, 0.05) is 12.1 Å². The molecule has 2 aromatic rings. The number of aryl methyl sites for hydroxylation is 2. The smallest absolute Gasteiger partial charge is 0.129 e. The molecule has 0 aliphatic carbocycles. The van der Waals surface area contributed by atoms with Gasteiger partial charge in [-0.05, 0) is 25.3 Å². The van der Waals surface area contributed by atoms with Gasteiger partial charge in [0.15, 0.2) is 0 Å². The van der Waals surface area contributed by atoms with Crippen molar-refractivity contribution in [2.24, 2.45) is 0 Å². The van der Waals surface area contributed by atoms with Gasteiger partial charge in [-0.3, -0.25) is 0 Å². The number of nitrogens with one attached hydrogen (secondary N) is 1. The summed E-state index contributed by atoms with van der Waals surface area (Å²) in [5.41, 5.74) is 3.45. The number of nitrogens with zero attached hydrogens (tertiary/aromatic N) is 2. The van der Waals surface area contributed by atoms with E-state index in [4.69, 9.17) is 0 Å². The molecule has 0 aliphatic rings. The molecule has 0 fully saturated rings. The molecule has 0 aromatic carbocycles. The van der Waals surface area contributed by atoms with Crippen LogP contribution >= 0.6 is 0 Å². The second-order valence-corrected chi connectivity index (χ2v) is 5.29. The van der Waals surface area contributed by atoms with Gasteiger partial charge in [0.1, 0.15) is 5.82 Å². The molecule has 0 amide bonds. The molecule has 3 nitrogen and oxygen atoms in total. The third-order valence-corrected chi connectivity index (χ3v) is 3.53. The van der Waals surface area contributed by atoms with Crippen LogP contribution in [0, 0.1) is 0 Å². The van der Waals surface area contributed by atoms with E-state index in [2.05, 4.69) is 34.9 Å². The third kappa shape index (κ3) is 4.05. The predicted octanol–water partition coefficient (Wildman–Crippen LogP) is 4.42. The highest BCUT2D eigenvalue weighted by molar-refractivity contribution is 5.74. The lowest BCUT2D eigenvalue weighted by Crippen LogP contribution is -1.94. The summed E-state index contributed by atoms with van der Waals surface area (Å²) in [7, 11) is 0. The van der Waals surface area contributed by atoms with Gasteiger partial charge in [0.05, 0.1) is 17.2 Å². The average Bonchev–Trinajstić information content (AvgIpc) is 2.81. The van der Waals surface area contributed by atoms with E-state index in [0.717, 1.165) is 29.7 Å². The Hall–Kier alpha value is -1.38. The van der Waals surface area contributed by atoms with Crippen LogP contribution < -0.4 is 0 Å². The first kappa shape index (κ1) is 14.0. The van der Waals surface area contributed by atoms with E-state index in [1.807, 2.05) is 6.20 Å². The van der Waals surface area contributed by atoms with Crippen LogP contribution in [0.4, 0.5) is 0 Å². The van der Waals surface area contributed by atoms with Gasteiger partial charge >= 0.3 is 0 Å². The van der Waals surface area contributed by atoms with Gasteiger partial charge in [0.2, 0.25) is 0 Å². The maximum Gasteiger partial charge on any atom is 0.129 e. The van der Waals surface area contributed by atoms with Crippen LogP contribution in [0.2, 0.25) is 0 Å². The Morgan fingerprint density at radius 3 is 2.47 bits per heavy atom. The van der Waals surface area contributed by atoms with Crippen LogP contribution in [0.3, 0.4) is 0 Å². The first-order valence-electron chi connectivity index (χ1n) is 7.67. The molecule has 0 saturated carbocycles. The van der Waals surface area contributed by atoms with E-state index in [-0.39, 0.29) is 0 Å². The van der Waals surface area contributed by atoms with Gasteiger partial charge < -0.3 is 4.98 Å². The largest absolute Gasteiger partial charge is 0.356 e. The number of fused-ring (bicyclic) bond motifs is 1. The van der Waals surface area contributed by atoms with Crippen molar-refractivity contribution in [3.8, 4) is 0 Å². The fourth-order valence-corrected chi connectivity index (χ4v) is 2.37. The minimum absolute atomic E-state index is 0.986. The van der Waals surface area contributed by atoms with E-state index in [0.29, 0.717) is 0 Å². The molecule has 2 rings (SSSR count). The zero-order valence-corrected chi connectivity index (χ0v) is 12.2. The van der Waals surface area contributed by atoms with Crippen LogP contribution in [0.15, 0.2) is 12.3 Å². The lowest BCUT2D eigenvalue weighted by atomic mass is 10.1. The second-order valence-electron chi connectivity index (χ2n) is 5.29. The minimum atomic E-state index is 0.986. The number of unbranched alkanes of at least 4 members (excludes halogenated alkanes) is 4. The van der Waals surface area contributed by atoms with Crippen molar-refractivity contribution in [3.63, 3.8) is 0 Å². The Labute approximate surface area is 115 Å². The van der Waals surface area contributed by atoms with Crippen molar-refractivity contribution < 1.29 is 0 Å². The Morgan fingerprint density at radius 2 is 1.74 bits per heavy atom. The summed E-state index contributed by atoms with van der Waals surface area (Å²) in [5, 5.41) is 0. The Balaban J connectivity index is 2.01. The number of aromatic nitrogens is 3. The van der Waals surface area contributed by atoms with Gasteiger partial charge in [-0.1, -0.05) is 39.5 Å². The van der Waals surface area contributed by atoms with E-state index in [1.165, 1.54) is 44.2 Å². The first-order chi connectivity index (χ1) is 9.33. The highest BCUT2D eigenvalue weighted by Gasteiger charge is 2.04. The topological polar surface area (TPSA) is 41.6 Å². The van der Waals surface area contributed by atoms with Crippen molar-refractivity contribution in [2.75, 3.05) is 0 Å². The highest BCUT2D eigenvalue weighted by atomic mass is 14.9. The Morgan fingerprint density at radius 1 is 1.00 bits per heavy atom. The van der Waals surface area contributed by atoms with Crippen molar-refractivity contribution in [3.05, 3.63) is 23.8 Å². The zero-order chi connectivity index (χ0) is 13.5. The van der Waals surface area contributed by atoms with Crippen LogP contribution in [-0.2, 0) is 12.8 Å². The van der Waals surface area contributed by atoms with Crippen LogP contribution in [0.1, 0.15) is 63.9 Å². The van der Waals surface area contributed by atoms with Crippen LogP contribution in [0.5, 0.6) is 0 Å². The first-order valence-corrected chi connectivity index (χ1v) is 7.67. The summed E-state index contributed by atoms with van der Waals surface area (Å²) in [5.74, 6) is 0.986. The van der Waals surface area contributed by atoms with Gasteiger partial charge in [-0.25, -0.2) is 9.97 Å². The summed E-state index contributed by atoms with van der Waals surface area (Å²) in [6.45, 7) is 4.46. The average molecular weight is 259 g/mol. The number of aromatic amines is 1. The summed E-state index contributed by atoms with van der Waals surface area (Å²) >= 11 is 0. The number of hydrogen-bond donors (Lipinski definition) is 1. The summed E-state index contributed by atoms with van der Waals surface area (Å²) < 4.78 is 0. The SMILES string of the molecule is CCCCCc1ncc2[nH]c(CCCCC)cc2n1. The third-order valence-electron chi connectivity index (χ3n) is 3.53. The molecule has 0 atom stereocenters. The molecule has 2 aromatic heterocycles. The van der Waals surface area contributed by atoms with Crippen LogP contribution in [0.25, 0.3) is 11.0 Å². The molecule has 0 unspecified atom stereocenters. The van der Waals surface area contributed by atoms with Gasteiger partial charge in [0.25, 0.3) is 0 Å². The Bertz CT molecular complexity index is 494. The highest BCUT2D eigenvalue weighted by Crippen LogP contribution is 2.15. The molecule has 0 saturated heterocycles. The quantitative estimate of drug-likeness (QED) is 0.713. The van der Waals surface area contributed by atoms with Crippen LogP contribution in [-0.4, -0.2) is 15.0 Å². The monoisotopic (exact) mass is 259 g/mol. The van der Waals surface area contributed by atoms with E-state index in [9.17, 15) is 0 Å². The standard InChI is InChI=1S/C16H25N3/c1-3-5-7-9-13-11-14-15(18-13)12-17-16(19-14)10-8-6-4-2/h11-12,18H,3-10H2,1-2H3. The molecular weight excluding hydrogens is 234 g/mol. The molecule has 19 heavy (non-hydrogen) atoms. The minimum Gasteiger partial charge on any atom is -0.356 e. The summed E-state index contributed by atoms with van der Waals surface area (Å²) in [6, 6.07) is 2.19. The summed E-state index contributed by atoms with van der Waals surface area (Å²) in [6.07, 6.45) is 11.6. The lowest BCUT2D eigenvalue weighted by molar-refractivity contribution is 0.696. The molecule has 1 N–H and O–H groups in total. The fourth-order valence-electron chi connectivity index (χ4n) is 2.37. The predicted molar refractivity (Wildman–Crippen MR) is 80.3 cm³/mol. The summed E-state index contributed by atoms with van der Waals surface area (Å²) in [4.78, 5) is 12.5. The fraction of sp³-hybridized carbons (Fsp3) is 0.625. The normalized spacial score (nSPS) is 11.3. The molecule has 0 aliphatic heterocycles. The molecule has 3 heteroatoms. The van der Waals surface area contributed by atoms with Crippen molar-refractivity contribution in [1.82, 2.24) is 15.0 Å². The molecule has 104 valence electrons.